The topological polar surface area (TPSA) is 89.1 Å². The van der Waals surface area contributed by atoms with Gasteiger partial charge in [0.1, 0.15) is 16.1 Å². The molecule has 82 valence electrons. The number of rotatable bonds is 3. The summed E-state index contributed by atoms with van der Waals surface area (Å²) in [6, 6.07) is 0. The highest BCUT2D eigenvalue weighted by molar-refractivity contribution is 7.11. The van der Waals surface area contributed by atoms with Gasteiger partial charge in [-0.15, -0.1) is 10.2 Å². The largest absolute Gasteiger partial charge is 0.386 e. The average Bonchev–Trinajstić information content (AvgIpc) is 2.49. The molecule has 0 spiro atoms. The van der Waals surface area contributed by atoms with Crippen molar-refractivity contribution in [3.63, 3.8) is 0 Å². The van der Waals surface area contributed by atoms with E-state index >= 15 is 0 Å². The van der Waals surface area contributed by atoms with Gasteiger partial charge in [-0.2, -0.15) is 0 Å². The molecule has 1 atom stereocenters. The van der Waals surface area contributed by atoms with Gasteiger partial charge in [0.05, 0.1) is 0 Å². The average molecular weight is 227 g/mol. The van der Waals surface area contributed by atoms with Crippen molar-refractivity contribution < 1.29 is 9.90 Å². The van der Waals surface area contributed by atoms with E-state index in [2.05, 4.69) is 10.2 Å². The van der Waals surface area contributed by atoms with E-state index in [1.165, 1.54) is 11.3 Å². The third-order valence-corrected chi connectivity index (χ3v) is 3.96. The van der Waals surface area contributed by atoms with Crippen LogP contribution in [-0.4, -0.2) is 21.2 Å². The Bertz CT molecular complexity index is 371. The highest BCUT2D eigenvalue weighted by Gasteiger charge is 2.36. The molecule has 1 aromatic heterocycles. The van der Waals surface area contributed by atoms with Crippen LogP contribution in [0.4, 0.5) is 0 Å². The van der Waals surface area contributed by atoms with Crippen molar-refractivity contribution in [1.29, 1.82) is 0 Å². The lowest BCUT2D eigenvalue weighted by molar-refractivity contribution is -0.124. The molecule has 1 saturated carbocycles. The van der Waals surface area contributed by atoms with Crippen LogP contribution in [0.3, 0.4) is 0 Å². The third kappa shape index (κ3) is 2.00. The Morgan fingerprint density at radius 2 is 2.27 bits per heavy atom. The maximum Gasteiger partial charge on any atom is 0.220 e. The van der Waals surface area contributed by atoms with Gasteiger partial charge in [0, 0.05) is 11.8 Å². The van der Waals surface area contributed by atoms with Crippen molar-refractivity contribution in [2.75, 3.05) is 0 Å². The van der Waals surface area contributed by atoms with E-state index in [0.29, 0.717) is 10.9 Å². The highest BCUT2D eigenvalue weighted by atomic mass is 32.1. The third-order valence-electron chi connectivity index (χ3n) is 2.70. The summed E-state index contributed by atoms with van der Waals surface area (Å²) < 4.78 is 0. The summed E-state index contributed by atoms with van der Waals surface area (Å²) in [5, 5.41) is 18.7. The molecule has 2 rings (SSSR count). The second-order valence-electron chi connectivity index (χ2n) is 3.92. The van der Waals surface area contributed by atoms with E-state index < -0.39 is 6.10 Å². The molecular formula is C9H13N3O2S. The Balaban J connectivity index is 1.98. The van der Waals surface area contributed by atoms with Crippen molar-refractivity contribution in [3.8, 4) is 0 Å². The molecule has 6 heteroatoms. The lowest BCUT2D eigenvalue weighted by Gasteiger charge is -2.30. The number of aliphatic hydroxyl groups is 1. The molecule has 3 N–H and O–H groups in total. The molecule has 0 radical (unpaired) electrons. The number of carbonyl (C=O) groups is 1. The maximum absolute atomic E-state index is 10.8. The fourth-order valence-electron chi connectivity index (χ4n) is 1.63. The molecule has 0 bridgehead atoms. The molecule has 0 aliphatic heterocycles. The second-order valence-corrected chi connectivity index (χ2v) is 4.96. The SMILES string of the molecule is C[C@@H](O)c1nnc(C2CC(C(N)=O)C2)s1. The molecule has 0 aromatic carbocycles. The summed E-state index contributed by atoms with van der Waals surface area (Å²) in [6.45, 7) is 1.66. The molecule has 0 saturated heterocycles. The van der Waals surface area contributed by atoms with Crippen LogP contribution in [0.2, 0.25) is 0 Å². The van der Waals surface area contributed by atoms with Crippen molar-refractivity contribution >= 4 is 17.2 Å². The minimum Gasteiger partial charge on any atom is -0.386 e. The fraction of sp³-hybridized carbons (Fsp3) is 0.667. The highest BCUT2D eigenvalue weighted by Crippen LogP contribution is 2.42. The number of amides is 1. The second kappa shape index (κ2) is 3.86. The van der Waals surface area contributed by atoms with Gasteiger partial charge in [0.25, 0.3) is 0 Å². The molecule has 15 heavy (non-hydrogen) atoms. The lowest BCUT2D eigenvalue weighted by Crippen LogP contribution is -2.33. The molecule has 5 nitrogen and oxygen atoms in total. The predicted molar refractivity (Wildman–Crippen MR) is 55.2 cm³/mol. The fourth-order valence-corrected chi connectivity index (χ4v) is 2.54. The monoisotopic (exact) mass is 227 g/mol. The van der Waals surface area contributed by atoms with Gasteiger partial charge in [-0.1, -0.05) is 11.3 Å². The first-order valence-corrected chi connectivity index (χ1v) is 5.70. The van der Waals surface area contributed by atoms with E-state index in [1.54, 1.807) is 6.92 Å². The summed E-state index contributed by atoms with van der Waals surface area (Å²) in [7, 11) is 0. The number of carbonyl (C=O) groups excluding carboxylic acids is 1. The van der Waals surface area contributed by atoms with Crippen LogP contribution in [0.1, 0.15) is 41.8 Å². The summed E-state index contributed by atoms with van der Waals surface area (Å²) >= 11 is 1.41. The molecule has 1 amide bonds. The molecule has 0 unspecified atom stereocenters. The van der Waals surface area contributed by atoms with Gasteiger partial charge >= 0.3 is 0 Å². The van der Waals surface area contributed by atoms with Gasteiger partial charge < -0.3 is 10.8 Å². The number of primary amides is 1. The van der Waals surface area contributed by atoms with Crippen LogP contribution >= 0.6 is 11.3 Å². The van der Waals surface area contributed by atoms with Gasteiger partial charge in [-0.25, -0.2) is 0 Å². The molecule has 1 fully saturated rings. The van der Waals surface area contributed by atoms with Crippen LogP contribution in [0, 0.1) is 5.92 Å². The number of hydrogen-bond donors (Lipinski definition) is 2. The van der Waals surface area contributed by atoms with Crippen molar-refractivity contribution in [3.05, 3.63) is 10.0 Å². The Morgan fingerprint density at radius 1 is 1.60 bits per heavy atom. The number of nitrogens with zero attached hydrogens (tertiary/aromatic N) is 2. The molecular weight excluding hydrogens is 214 g/mol. The van der Waals surface area contributed by atoms with E-state index in [-0.39, 0.29) is 11.8 Å². The van der Waals surface area contributed by atoms with E-state index in [4.69, 9.17) is 5.73 Å². The minimum atomic E-state index is -0.566. The summed E-state index contributed by atoms with van der Waals surface area (Å²) in [6.07, 6.45) is 0.969. The molecule has 1 heterocycles. The Morgan fingerprint density at radius 3 is 2.73 bits per heavy atom. The van der Waals surface area contributed by atoms with E-state index in [0.717, 1.165) is 17.8 Å². The Labute approximate surface area is 91.3 Å². The summed E-state index contributed by atoms with van der Waals surface area (Å²) in [5.74, 6) is 0.0629. The smallest absolute Gasteiger partial charge is 0.220 e. The van der Waals surface area contributed by atoms with Gasteiger partial charge in [0.2, 0.25) is 5.91 Å². The van der Waals surface area contributed by atoms with Crippen molar-refractivity contribution in [1.82, 2.24) is 10.2 Å². The van der Waals surface area contributed by atoms with Crippen LogP contribution in [0.25, 0.3) is 0 Å². The quantitative estimate of drug-likeness (QED) is 0.790. The van der Waals surface area contributed by atoms with Gasteiger partial charge in [0.15, 0.2) is 0 Å². The number of nitrogens with two attached hydrogens (primary N) is 1. The number of hydrogen-bond acceptors (Lipinski definition) is 5. The maximum atomic E-state index is 10.8. The van der Waals surface area contributed by atoms with Crippen LogP contribution in [0.5, 0.6) is 0 Å². The van der Waals surface area contributed by atoms with Crippen LogP contribution < -0.4 is 5.73 Å². The summed E-state index contributed by atoms with van der Waals surface area (Å²) in [4.78, 5) is 10.8. The first-order chi connectivity index (χ1) is 7.08. The molecule has 1 aromatic rings. The standard InChI is InChI=1S/C9H13N3O2S/c1-4(13)8-11-12-9(15-8)6-2-5(3-6)7(10)14/h4-6,13H,2-3H2,1H3,(H2,10,14)/t4-,5?,6?/m1/s1. The van der Waals surface area contributed by atoms with Gasteiger partial charge in [-0.3, -0.25) is 4.79 Å². The normalized spacial score (nSPS) is 27.1. The van der Waals surface area contributed by atoms with Crippen molar-refractivity contribution in [2.45, 2.75) is 31.8 Å². The van der Waals surface area contributed by atoms with Crippen LogP contribution in [0.15, 0.2) is 0 Å². The number of aliphatic hydroxyl groups excluding tert-OH is 1. The zero-order valence-electron chi connectivity index (χ0n) is 8.38. The summed E-state index contributed by atoms with van der Waals surface area (Å²) in [5.41, 5.74) is 5.18. The van der Waals surface area contributed by atoms with E-state index in [9.17, 15) is 9.90 Å². The zero-order valence-corrected chi connectivity index (χ0v) is 9.20. The predicted octanol–water partition coefficient (Wildman–Crippen LogP) is 0.570. The van der Waals surface area contributed by atoms with Crippen LogP contribution in [-0.2, 0) is 4.79 Å². The Kier molecular flexibility index (Phi) is 2.70. The minimum absolute atomic E-state index is 0.00565. The van der Waals surface area contributed by atoms with Crippen molar-refractivity contribution in [2.24, 2.45) is 11.7 Å². The molecule has 1 aliphatic carbocycles. The number of aromatic nitrogens is 2. The molecule has 1 aliphatic rings. The van der Waals surface area contributed by atoms with Gasteiger partial charge in [-0.05, 0) is 19.8 Å². The first kappa shape index (κ1) is 10.5. The zero-order chi connectivity index (χ0) is 11.0. The lowest BCUT2D eigenvalue weighted by atomic mass is 9.75. The first-order valence-electron chi connectivity index (χ1n) is 4.88. The van der Waals surface area contributed by atoms with E-state index in [1.807, 2.05) is 0 Å². The Hall–Kier alpha value is -1.01.